The van der Waals surface area contributed by atoms with Crippen LogP contribution >= 0.6 is 0 Å². The van der Waals surface area contributed by atoms with Gasteiger partial charge in [-0.05, 0) is 32.9 Å². The Kier molecular flexibility index (Phi) is 4.04. The van der Waals surface area contributed by atoms with Crippen LogP contribution in [0.1, 0.15) is 34.8 Å². The molecule has 0 saturated carbocycles. The molecule has 0 N–H and O–H groups in total. The molecule has 1 aromatic carbocycles. The summed E-state index contributed by atoms with van der Waals surface area (Å²) in [4.78, 5) is 11.8. The van der Waals surface area contributed by atoms with Gasteiger partial charge in [-0.3, -0.25) is 4.79 Å². The molecular weight excluding hydrogens is 188 g/mol. The van der Waals surface area contributed by atoms with Crippen LogP contribution in [0, 0.1) is 13.8 Å². The van der Waals surface area contributed by atoms with Crippen molar-refractivity contribution in [1.29, 1.82) is 0 Å². The van der Waals surface area contributed by atoms with Crippen LogP contribution in [0.25, 0.3) is 0 Å². The molecule has 82 valence electrons. The monoisotopic (exact) mass is 206 g/mol. The number of ketones is 1. The molecule has 0 bridgehead atoms. The Morgan fingerprint density at radius 1 is 1.27 bits per heavy atom. The van der Waals surface area contributed by atoms with Crippen LogP contribution in [-0.4, -0.2) is 19.0 Å². The van der Waals surface area contributed by atoms with Crippen molar-refractivity contribution >= 4 is 5.78 Å². The van der Waals surface area contributed by atoms with Crippen molar-refractivity contribution < 1.29 is 9.53 Å². The van der Waals surface area contributed by atoms with Gasteiger partial charge >= 0.3 is 0 Å². The largest absolute Gasteiger partial charge is 0.381 e. The van der Waals surface area contributed by atoms with Gasteiger partial charge in [-0.1, -0.05) is 17.2 Å². The smallest absolute Gasteiger partial charge is 0.165 e. The molecule has 1 rings (SSSR count). The summed E-state index contributed by atoms with van der Waals surface area (Å²) in [5.74, 6) is 0.149. The number of carbonyl (C=O) groups excluding carboxylic acids is 1. The Morgan fingerprint density at radius 2 is 1.80 bits per heavy atom. The summed E-state index contributed by atoms with van der Waals surface area (Å²) in [5, 5.41) is 0. The molecule has 0 aliphatic carbocycles. The van der Waals surface area contributed by atoms with Crippen molar-refractivity contribution in [2.45, 2.75) is 33.3 Å². The Balaban J connectivity index is 2.82. The fraction of sp³-hybridized carbons (Fsp3) is 0.462. The first-order chi connectivity index (χ1) is 7.02. The number of Topliss-reactive ketones (excluding diaryl/α,β-unsaturated/α-hetero) is 1. The van der Waals surface area contributed by atoms with Gasteiger partial charge < -0.3 is 4.74 Å². The molecule has 0 heterocycles. The highest BCUT2D eigenvalue weighted by atomic mass is 16.5. The minimum absolute atomic E-state index is 0.0154. The van der Waals surface area contributed by atoms with E-state index in [4.69, 9.17) is 4.74 Å². The van der Waals surface area contributed by atoms with Crippen LogP contribution in [0.15, 0.2) is 18.2 Å². The maximum Gasteiger partial charge on any atom is 0.165 e. The molecule has 0 radical (unpaired) electrons. The topological polar surface area (TPSA) is 26.3 Å². The van der Waals surface area contributed by atoms with E-state index in [0.717, 1.165) is 16.7 Å². The first kappa shape index (κ1) is 11.9. The lowest BCUT2D eigenvalue weighted by molar-refractivity contribution is 0.0792. The number of benzene rings is 1. The van der Waals surface area contributed by atoms with Gasteiger partial charge in [0, 0.05) is 19.1 Å². The van der Waals surface area contributed by atoms with Crippen molar-refractivity contribution in [3.63, 3.8) is 0 Å². The second kappa shape index (κ2) is 5.08. The summed E-state index contributed by atoms with van der Waals surface area (Å²) in [5.41, 5.74) is 3.04. The lowest BCUT2D eigenvalue weighted by Gasteiger charge is -2.09. The van der Waals surface area contributed by atoms with E-state index in [2.05, 4.69) is 6.07 Å². The van der Waals surface area contributed by atoms with E-state index in [-0.39, 0.29) is 11.9 Å². The van der Waals surface area contributed by atoms with Crippen molar-refractivity contribution in [3.8, 4) is 0 Å². The summed E-state index contributed by atoms with van der Waals surface area (Å²) < 4.78 is 5.08. The van der Waals surface area contributed by atoms with E-state index in [1.807, 2.05) is 32.9 Å². The molecule has 2 heteroatoms. The molecule has 0 fully saturated rings. The number of rotatable bonds is 4. The summed E-state index contributed by atoms with van der Waals surface area (Å²) in [6.45, 7) is 5.91. The van der Waals surface area contributed by atoms with E-state index in [9.17, 15) is 4.79 Å². The average Bonchev–Trinajstić information content (AvgIpc) is 2.16. The molecule has 15 heavy (non-hydrogen) atoms. The van der Waals surface area contributed by atoms with E-state index in [1.54, 1.807) is 7.11 Å². The second-order valence-electron chi connectivity index (χ2n) is 4.05. The minimum atomic E-state index is -0.0154. The summed E-state index contributed by atoms with van der Waals surface area (Å²) in [6, 6.07) is 5.92. The molecule has 0 saturated heterocycles. The molecule has 2 nitrogen and oxygen atoms in total. The molecule has 0 aromatic heterocycles. The maximum atomic E-state index is 11.8. The first-order valence-corrected chi connectivity index (χ1v) is 5.17. The van der Waals surface area contributed by atoms with E-state index in [0.29, 0.717) is 6.42 Å². The standard InChI is InChI=1S/C13H18O2/c1-9-5-10(2)7-12(6-9)13(14)8-11(3)15-4/h5-7,11H,8H2,1-4H3. The zero-order valence-corrected chi connectivity index (χ0v) is 9.83. The van der Waals surface area contributed by atoms with E-state index < -0.39 is 0 Å². The molecule has 1 atom stereocenters. The van der Waals surface area contributed by atoms with Crippen LogP contribution in [0.3, 0.4) is 0 Å². The Labute approximate surface area is 91.3 Å². The number of ether oxygens (including phenoxy) is 1. The van der Waals surface area contributed by atoms with Crippen LogP contribution in [-0.2, 0) is 4.74 Å². The van der Waals surface area contributed by atoms with Gasteiger partial charge in [0.1, 0.15) is 0 Å². The summed E-state index contributed by atoms with van der Waals surface area (Å²) >= 11 is 0. The van der Waals surface area contributed by atoms with Crippen LogP contribution < -0.4 is 0 Å². The predicted molar refractivity (Wildman–Crippen MR) is 61.3 cm³/mol. The number of methoxy groups -OCH3 is 1. The third kappa shape index (κ3) is 3.48. The third-order valence-corrected chi connectivity index (χ3v) is 2.42. The van der Waals surface area contributed by atoms with E-state index in [1.165, 1.54) is 0 Å². The minimum Gasteiger partial charge on any atom is -0.381 e. The molecule has 0 amide bonds. The molecular formula is C13H18O2. The van der Waals surface area contributed by atoms with Gasteiger partial charge in [0.25, 0.3) is 0 Å². The van der Waals surface area contributed by atoms with Crippen molar-refractivity contribution in [3.05, 3.63) is 34.9 Å². The van der Waals surface area contributed by atoms with Crippen molar-refractivity contribution in [2.75, 3.05) is 7.11 Å². The Hall–Kier alpha value is -1.15. The molecule has 0 aliphatic rings. The highest BCUT2D eigenvalue weighted by molar-refractivity contribution is 5.96. The Morgan fingerprint density at radius 3 is 2.27 bits per heavy atom. The highest BCUT2D eigenvalue weighted by Crippen LogP contribution is 2.12. The summed E-state index contributed by atoms with van der Waals surface area (Å²) in [6.07, 6.45) is 0.428. The third-order valence-electron chi connectivity index (χ3n) is 2.42. The molecule has 0 spiro atoms. The summed E-state index contributed by atoms with van der Waals surface area (Å²) in [7, 11) is 1.62. The van der Waals surface area contributed by atoms with Crippen LogP contribution in [0.5, 0.6) is 0 Å². The predicted octanol–water partition coefficient (Wildman–Crippen LogP) is 2.91. The number of carbonyl (C=O) groups is 1. The van der Waals surface area contributed by atoms with Gasteiger partial charge in [-0.2, -0.15) is 0 Å². The normalized spacial score (nSPS) is 12.5. The van der Waals surface area contributed by atoms with Gasteiger partial charge in [0.2, 0.25) is 0 Å². The second-order valence-corrected chi connectivity index (χ2v) is 4.05. The zero-order valence-electron chi connectivity index (χ0n) is 9.83. The molecule has 0 aliphatic heterocycles. The quantitative estimate of drug-likeness (QED) is 0.708. The zero-order chi connectivity index (χ0) is 11.4. The van der Waals surface area contributed by atoms with Gasteiger partial charge in [0.15, 0.2) is 5.78 Å². The lowest BCUT2D eigenvalue weighted by Crippen LogP contribution is -2.12. The lowest BCUT2D eigenvalue weighted by atomic mass is 10.0. The first-order valence-electron chi connectivity index (χ1n) is 5.17. The fourth-order valence-electron chi connectivity index (χ4n) is 1.60. The molecule has 1 aromatic rings. The molecule has 1 unspecified atom stereocenters. The Bertz CT molecular complexity index is 335. The van der Waals surface area contributed by atoms with Crippen molar-refractivity contribution in [2.24, 2.45) is 0 Å². The maximum absolute atomic E-state index is 11.8. The number of hydrogen-bond acceptors (Lipinski definition) is 2. The van der Waals surface area contributed by atoms with Crippen LogP contribution in [0.2, 0.25) is 0 Å². The van der Waals surface area contributed by atoms with E-state index >= 15 is 0 Å². The number of hydrogen-bond donors (Lipinski definition) is 0. The van der Waals surface area contributed by atoms with Gasteiger partial charge in [-0.15, -0.1) is 0 Å². The fourth-order valence-corrected chi connectivity index (χ4v) is 1.60. The SMILES string of the molecule is COC(C)CC(=O)c1cc(C)cc(C)c1. The van der Waals surface area contributed by atoms with Crippen molar-refractivity contribution in [1.82, 2.24) is 0 Å². The van der Waals surface area contributed by atoms with Gasteiger partial charge in [0.05, 0.1) is 6.10 Å². The average molecular weight is 206 g/mol. The number of aryl methyl sites for hydroxylation is 2. The van der Waals surface area contributed by atoms with Crippen LogP contribution in [0.4, 0.5) is 0 Å². The highest BCUT2D eigenvalue weighted by Gasteiger charge is 2.11. The van der Waals surface area contributed by atoms with Gasteiger partial charge in [-0.25, -0.2) is 0 Å².